The molecule has 4 aliphatic rings. The lowest BCUT2D eigenvalue weighted by molar-refractivity contribution is 0.174. The van der Waals surface area contributed by atoms with Crippen LogP contribution in [0.4, 0.5) is 16.2 Å². The Hall–Kier alpha value is -3.40. The number of nitrogens with one attached hydrogen (secondary N) is 2. The Morgan fingerprint density at radius 2 is 1.73 bits per heavy atom. The van der Waals surface area contributed by atoms with Crippen molar-refractivity contribution >= 4 is 17.4 Å². The van der Waals surface area contributed by atoms with Crippen molar-refractivity contribution in [3.8, 4) is 17.6 Å². The number of hydrogen-bond donors (Lipinski definition) is 2. The fraction of sp³-hybridized carbons (Fsp3) is 0.462. The summed E-state index contributed by atoms with van der Waals surface area (Å²) >= 11 is 0. The largest absolute Gasteiger partial charge is 0.454 e. The van der Waals surface area contributed by atoms with Gasteiger partial charge >= 0.3 is 6.03 Å². The summed E-state index contributed by atoms with van der Waals surface area (Å²) in [5, 5.41) is 16.2. The minimum atomic E-state index is -0.292. The number of benzene rings is 2. The molecule has 2 N–H and O–H groups in total. The molecule has 2 heterocycles. The summed E-state index contributed by atoms with van der Waals surface area (Å²) in [6.45, 7) is 0.227. The Balaban J connectivity index is 1.26. The molecule has 0 spiro atoms. The zero-order valence-electron chi connectivity index (χ0n) is 18.5. The Morgan fingerprint density at radius 1 is 1.00 bits per heavy atom. The molecule has 0 bridgehead atoms. The van der Waals surface area contributed by atoms with E-state index in [0.717, 1.165) is 59.7 Å². The van der Waals surface area contributed by atoms with Crippen LogP contribution in [0.5, 0.6) is 11.5 Å². The molecule has 0 radical (unpaired) electrons. The second-order valence-electron chi connectivity index (χ2n) is 9.51. The topological polar surface area (TPSA) is 86.6 Å². The molecule has 7 nitrogen and oxygen atoms in total. The summed E-state index contributed by atoms with van der Waals surface area (Å²) < 4.78 is 11.2. The van der Waals surface area contributed by atoms with Crippen LogP contribution in [0.3, 0.4) is 0 Å². The third-order valence-electron chi connectivity index (χ3n) is 7.56. The van der Waals surface area contributed by atoms with Crippen LogP contribution in [0.15, 0.2) is 36.4 Å². The van der Waals surface area contributed by atoms with Crippen LogP contribution in [0.1, 0.15) is 68.0 Å². The Kier molecular flexibility index (Phi) is 5.01. The maximum atomic E-state index is 12.3. The summed E-state index contributed by atoms with van der Waals surface area (Å²) in [4.78, 5) is 14.8. The number of rotatable bonds is 4. The molecule has 0 aromatic heterocycles. The van der Waals surface area contributed by atoms with Crippen LogP contribution in [0.2, 0.25) is 0 Å². The van der Waals surface area contributed by atoms with E-state index in [1.54, 1.807) is 0 Å². The molecule has 2 aromatic rings. The number of nitriles is 1. The van der Waals surface area contributed by atoms with E-state index in [9.17, 15) is 10.1 Å². The van der Waals surface area contributed by atoms with Gasteiger partial charge in [-0.2, -0.15) is 5.26 Å². The number of carbonyl (C=O) groups excluding carboxylic acids is 1. The molecule has 2 amide bonds. The zero-order chi connectivity index (χ0) is 22.4. The van der Waals surface area contributed by atoms with E-state index in [1.807, 2.05) is 36.4 Å². The number of carbonyl (C=O) groups is 1. The van der Waals surface area contributed by atoms with E-state index in [0.29, 0.717) is 6.04 Å². The highest BCUT2D eigenvalue weighted by Crippen LogP contribution is 2.55. The molecule has 2 aromatic carbocycles. The first-order valence-corrected chi connectivity index (χ1v) is 12.0. The molecule has 2 atom stereocenters. The first-order chi connectivity index (χ1) is 16.2. The van der Waals surface area contributed by atoms with Crippen molar-refractivity contribution in [2.24, 2.45) is 0 Å². The van der Waals surface area contributed by atoms with Crippen molar-refractivity contribution in [1.29, 1.82) is 5.26 Å². The van der Waals surface area contributed by atoms with Crippen LogP contribution in [-0.4, -0.2) is 24.9 Å². The van der Waals surface area contributed by atoms with Gasteiger partial charge in [-0.05, 0) is 61.4 Å². The minimum absolute atomic E-state index is 0.0702. The molecule has 2 aliphatic carbocycles. The normalized spacial score (nSPS) is 23.7. The molecule has 7 heteroatoms. The fourth-order valence-electron chi connectivity index (χ4n) is 5.67. The van der Waals surface area contributed by atoms with Gasteiger partial charge in [0, 0.05) is 29.5 Å². The summed E-state index contributed by atoms with van der Waals surface area (Å²) in [7, 11) is 0. The number of amides is 2. The standard InChI is InChI=1S/C26H28N4O3/c27-14-21-20-12-23-24(33-15-32-23)13-22(20)30(19-6-3-7-19)25(21)16-8-10-18(11-9-16)29-26(31)28-17-4-1-2-5-17/h8-13,17,19,21,25H,1-7,15H2,(H2,28,29,31). The van der Waals surface area contributed by atoms with Gasteiger partial charge < -0.3 is 25.0 Å². The van der Waals surface area contributed by atoms with Crippen LogP contribution in [0, 0.1) is 11.3 Å². The van der Waals surface area contributed by atoms with Crippen LogP contribution < -0.4 is 25.0 Å². The van der Waals surface area contributed by atoms with Crippen LogP contribution in [-0.2, 0) is 0 Å². The second kappa shape index (κ2) is 8.18. The predicted octanol–water partition coefficient (Wildman–Crippen LogP) is 5.20. The lowest BCUT2D eigenvalue weighted by atomic mass is 9.87. The van der Waals surface area contributed by atoms with E-state index in [2.05, 4.69) is 21.6 Å². The highest BCUT2D eigenvalue weighted by molar-refractivity contribution is 5.89. The summed E-state index contributed by atoms with van der Waals surface area (Å²) in [6.07, 6.45) is 7.95. The van der Waals surface area contributed by atoms with Gasteiger partial charge in [-0.1, -0.05) is 25.0 Å². The first kappa shape index (κ1) is 20.2. The van der Waals surface area contributed by atoms with Gasteiger partial charge in [-0.3, -0.25) is 0 Å². The molecular weight excluding hydrogens is 416 g/mol. The average molecular weight is 445 g/mol. The minimum Gasteiger partial charge on any atom is -0.454 e. The molecule has 2 unspecified atom stereocenters. The fourth-order valence-corrected chi connectivity index (χ4v) is 5.67. The molecular formula is C26H28N4O3. The number of hydrogen-bond acceptors (Lipinski definition) is 5. The Morgan fingerprint density at radius 3 is 2.39 bits per heavy atom. The predicted molar refractivity (Wildman–Crippen MR) is 125 cm³/mol. The monoisotopic (exact) mass is 444 g/mol. The van der Waals surface area contributed by atoms with Gasteiger partial charge in [0.1, 0.15) is 0 Å². The van der Waals surface area contributed by atoms with Gasteiger partial charge in [0.2, 0.25) is 6.79 Å². The van der Waals surface area contributed by atoms with E-state index in [-0.39, 0.29) is 30.8 Å². The number of nitrogens with zero attached hydrogens (tertiary/aromatic N) is 2. The summed E-state index contributed by atoms with van der Waals surface area (Å²) in [5.41, 5.74) is 3.93. The van der Waals surface area contributed by atoms with Gasteiger partial charge in [0.25, 0.3) is 0 Å². The molecule has 2 fully saturated rings. The van der Waals surface area contributed by atoms with E-state index in [1.165, 1.54) is 19.3 Å². The van der Waals surface area contributed by atoms with Crippen molar-refractivity contribution in [3.05, 3.63) is 47.5 Å². The Labute approximate surface area is 193 Å². The van der Waals surface area contributed by atoms with Gasteiger partial charge in [0.15, 0.2) is 11.5 Å². The number of fused-ring (bicyclic) bond motifs is 2. The lowest BCUT2D eigenvalue weighted by Gasteiger charge is -2.41. The summed E-state index contributed by atoms with van der Waals surface area (Å²) in [6, 6.07) is 15.0. The van der Waals surface area contributed by atoms with Crippen molar-refractivity contribution in [2.45, 2.75) is 69.0 Å². The van der Waals surface area contributed by atoms with E-state index < -0.39 is 0 Å². The average Bonchev–Trinajstić information content (AvgIpc) is 3.51. The molecule has 33 heavy (non-hydrogen) atoms. The smallest absolute Gasteiger partial charge is 0.319 e. The van der Waals surface area contributed by atoms with Crippen molar-refractivity contribution in [3.63, 3.8) is 0 Å². The maximum absolute atomic E-state index is 12.3. The number of ether oxygens (including phenoxy) is 2. The first-order valence-electron chi connectivity index (χ1n) is 12.0. The SMILES string of the molecule is N#CC1c2cc3c(cc2N(C2CCC2)C1c1ccc(NC(=O)NC2CCCC2)cc1)OCO3. The molecule has 2 saturated carbocycles. The lowest BCUT2D eigenvalue weighted by Crippen LogP contribution is -2.41. The molecule has 6 rings (SSSR count). The summed E-state index contributed by atoms with van der Waals surface area (Å²) in [5.74, 6) is 1.18. The van der Waals surface area contributed by atoms with Crippen molar-refractivity contribution in [2.75, 3.05) is 17.0 Å². The van der Waals surface area contributed by atoms with Crippen LogP contribution >= 0.6 is 0 Å². The van der Waals surface area contributed by atoms with Crippen LogP contribution in [0.25, 0.3) is 0 Å². The highest BCUT2D eigenvalue weighted by Gasteiger charge is 2.45. The van der Waals surface area contributed by atoms with Gasteiger partial charge in [-0.25, -0.2) is 4.79 Å². The van der Waals surface area contributed by atoms with Crippen molar-refractivity contribution in [1.82, 2.24) is 5.32 Å². The quantitative estimate of drug-likeness (QED) is 0.677. The molecule has 2 aliphatic heterocycles. The third kappa shape index (κ3) is 3.54. The van der Waals surface area contributed by atoms with Gasteiger partial charge in [-0.15, -0.1) is 0 Å². The van der Waals surface area contributed by atoms with Gasteiger partial charge in [0.05, 0.1) is 18.0 Å². The van der Waals surface area contributed by atoms with E-state index >= 15 is 0 Å². The highest BCUT2D eigenvalue weighted by atomic mass is 16.7. The zero-order valence-corrected chi connectivity index (χ0v) is 18.5. The number of urea groups is 1. The van der Waals surface area contributed by atoms with E-state index in [4.69, 9.17) is 9.47 Å². The second-order valence-corrected chi connectivity index (χ2v) is 9.51. The number of anilines is 2. The maximum Gasteiger partial charge on any atom is 0.319 e. The van der Waals surface area contributed by atoms with Crippen molar-refractivity contribution < 1.29 is 14.3 Å². The molecule has 170 valence electrons. The third-order valence-corrected chi connectivity index (χ3v) is 7.56. The molecule has 0 saturated heterocycles. The Bertz CT molecular complexity index is 1100.